The minimum absolute atomic E-state index is 0.0609. The third-order valence-corrected chi connectivity index (χ3v) is 4.43. The number of aryl methyl sites for hydroxylation is 1. The number of benzene rings is 2. The monoisotopic (exact) mass is 385 g/mol. The van der Waals surface area contributed by atoms with E-state index < -0.39 is 17.7 Å². The van der Waals surface area contributed by atoms with E-state index in [0.717, 1.165) is 16.7 Å². The molecule has 0 fully saturated rings. The number of aliphatic carboxylic acids is 1. The van der Waals surface area contributed by atoms with Crippen LogP contribution in [0.25, 0.3) is 0 Å². The van der Waals surface area contributed by atoms with Crippen molar-refractivity contribution in [3.8, 4) is 5.75 Å². The second-order valence-electron chi connectivity index (χ2n) is 7.28. The molecule has 0 aliphatic rings. The predicted octanol–water partition coefficient (Wildman–Crippen LogP) is 4.27. The molecule has 2 aromatic rings. The van der Waals surface area contributed by atoms with E-state index in [-0.39, 0.29) is 12.5 Å². The van der Waals surface area contributed by atoms with Gasteiger partial charge in [0.1, 0.15) is 12.4 Å². The van der Waals surface area contributed by atoms with Crippen molar-refractivity contribution >= 4 is 12.1 Å². The standard InChI is InChI=1S/C22H27NO5/c1-15-12-18(28-22(3,4)20(24)25)10-11-19(15)16(2)13-23-21(26)27-14-17-8-6-5-7-9-17/h5-12,16H,13-14H2,1-4H3,(H,23,26)(H,24,25). The molecule has 2 rings (SSSR count). The number of amides is 1. The molecule has 1 unspecified atom stereocenters. The van der Waals surface area contributed by atoms with Gasteiger partial charge in [-0.1, -0.05) is 43.3 Å². The molecule has 0 aliphatic carbocycles. The SMILES string of the molecule is Cc1cc(OC(C)(C)C(=O)O)ccc1C(C)CNC(=O)OCc1ccccc1. The highest BCUT2D eigenvalue weighted by atomic mass is 16.5. The van der Waals surface area contributed by atoms with Gasteiger partial charge in [-0.15, -0.1) is 0 Å². The van der Waals surface area contributed by atoms with Crippen molar-refractivity contribution in [1.29, 1.82) is 0 Å². The summed E-state index contributed by atoms with van der Waals surface area (Å²) in [4.78, 5) is 23.1. The number of ether oxygens (including phenoxy) is 2. The fourth-order valence-electron chi connectivity index (χ4n) is 2.72. The van der Waals surface area contributed by atoms with E-state index in [4.69, 9.17) is 9.47 Å². The Bertz CT molecular complexity index is 817. The summed E-state index contributed by atoms with van der Waals surface area (Å²) in [5.41, 5.74) is 1.64. The van der Waals surface area contributed by atoms with Gasteiger partial charge in [-0.3, -0.25) is 0 Å². The molecule has 28 heavy (non-hydrogen) atoms. The Morgan fingerprint density at radius 2 is 1.82 bits per heavy atom. The Kier molecular flexibility index (Phi) is 7.04. The summed E-state index contributed by atoms with van der Waals surface area (Å²) in [6, 6.07) is 14.9. The van der Waals surface area contributed by atoms with Crippen LogP contribution in [-0.4, -0.2) is 29.3 Å². The molecule has 2 N–H and O–H groups in total. The lowest BCUT2D eigenvalue weighted by Gasteiger charge is -2.23. The van der Waals surface area contributed by atoms with Crippen molar-refractivity contribution in [2.75, 3.05) is 6.54 Å². The average molecular weight is 385 g/mol. The van der Waals surface area contributed by atoms with Crippen molar-refractivity contribution in [1.82, 2.24) is 5.32 Å². The van der Waals surface area contributed by atoms with E-state index >= 15 is 0 Å². The van der Waals surface area contributed by atoms with Crippen LogP contribution in [-0.2, 0) is 16.1 Å². The Morgan fingerprint density at radius 3 is 2.43 bits per heavy atom. The van der Waals surface area contributed by atoms with Crippen molar-refractivity contribution in [2.24, 2.45) is 0 Å². The first-order chi connectivity index (χ1) is 13.2. The zero-order valence-corrected chi connectivity index (χ0v) is 16.7. The molecule has 1 atom stereocenters. The first-order valence-corrected chi connectivity index (χ1v) is 9.16. The van der Waals surface area contributed by atoms with Crippen LogP contribution in [0, 0.1) is 6.92 Å². The third kappa shape index (κ3) is 6.01. The van der Waals surface area contributed by atoms with Crippen molar-refractivity contribution < 1.29 is 24.2 Å². The van der Waals surface area contributed by atoms with Crippen molar-refractivity contribution in [3.63, 3.8) is 0 Å². The highest BCUT2D eigenvalue weighted by Crippen LogP contribution is 2.26. The molecular formula is C22H27NO5. The molecule has 0 spiro atoms. The number of rotatable bonds is 8. The van der Waals surface area contributed by atoms with E-state index in [9.17, 15) is 14.7 Å². The smallest absolute Gasteiger partial charge is 0.407 e. The zero-order chi connectivity index (χ0) is 20.7. The van der Waals surface area contributed by atoms with Crippen LogP contribution in [0.1, 0.15) is 43.4 Å². The highest BCUT2D eigenvalue weighted by molar-refractivity contribution is 5.76. The molecule has 0 bridgehead atoms. The average Bonchev–Trinajstić information content (AvgIpc) is 2.65. The molecule has 0 aromatic heterocycles. The van der Waals surface area contributed by atoms with Crippen LogP contribution in [0.5, 0.6) is 5.75 Å². The van der Waals surface area contributed by atoms with E-state index in [2.05, 4.69) is 5.32 Å². The third-order valence-electron chi connectivity index (χ3n) is 4.43. The van der Waals surface area contributed by atoms with Gasteiger partial charge in [0.25, 0.3) is 0 Å². The topological polar surface area (TPSA) is 84.9 Å². The fraction of sp³-hybridized carbons (Fsp3) is 0.364. The maximum absolute atomic E-state index is 11.9. The lowest BCUT2D eigenvalue weighted by atomic mass is 9.96. The molecule has 1 amide bonds. The Balaban J connectivity index is 1.88. The molecule has 0 heterocycles. The number of alkyl carbamates (subject to hydrolysis) is 1. The number of nitrogens with one attached hydrogen (secondary N) is 1. The van der Waals surface area contributed by atoms with Crippen LogP contribution in [0.15, 0.2) is 48.5 Å². The van der Waals surface area contributed by atoms with E-state index in [1.54, 1.807) is 6.07 Å². The van der Waals surface area contributed by atoms with Crippen LogP contribution < -0.4 is 10.1 Å². The van der Waals surface area contributed by atoms with Gasteiger partial charge in [0.2, 0.25) is 0 Å². The summed E-state index contributed by atoms with van der Waals surface area (Å²) in [5.74, 6) is -0.470. The summed E-state index contributed by atoms with van der Waals surface area (Å²) < 4.78 is 10.8. The van der Waals surface area contributed by atoms with Crippen LogP contribution >= 0.6 is 0 Å². The molecule has 0 saturated carbocycles. The summed E-state index contributed by atoms with van der Waals surface area (Å²) in [5, 5.41) is 12.0. The summed E-state index contributed by atoms with van der Waals surface area (Å²) >= 11 is 0. The summed E-state index contributed by atoms with van der Waals surface area (Å²) in [6.45, 7) is 7.60. The van der Waals surface area contributed by atoms with Crippen molar-refractivity contribution in [2.45, 2.75) is 45.8 Å². The Labute approximate surface area is 165 Å². The minimum atomic E-state index is -1.30. The maximum atomic E-state index is 11.9. The van der Waals surface area contributed by atoms with Crippen LogP contribution in [0.3, 0.4) is 0 Å². The largest absolute Gasteiger partial charge is 0.478 e. The van der Waals surface area contributed by atoms with E-state index in [1.807, 2.05) is 56.3 Å². The first kappa shape index (κ1) is 21.3. The number of hydrogen-bond acceptors (Lipinski definition) is 4. The predicted molar refractivity (Wildman–Crippen MR) is 107 cm³/mol. The molecule has 0 radical (unpaired) electrons. The van der Waals surface area contributed by atoms with Gasteiger partial charge in [0, 0.05) is 6.54 Å². The number of carboxylic acid groups (broad SMARTS) is 1. The van der Waals surface area contributed by atoms with Gasteiger partial charge in [0.15, 0.2) is 5.60 Å². The van der Waals surface area contributed by atoms with Crippen LogP contribution in [0.4, 0.5) is 4.79 Å². The van der Waals surface area contributed by atoms with E-state index in [0.29, 0.717) is 12.3 Å². The summed E-state index contributed by atoms with van der Waals surface area (Å²) in [7, 11) is 0. The van der Waals surface area contributed by atoms with Gasteiger partial charge < -0.3 is 19.9 Å². The van der Waals surface area contributed by atoms with Crippen molar-refractivity contribution in [3.05, 3.63) is 65.2 Å². The zero-order valence-electron chi connectivity index (χ0n) is 16.7. The number of carboxylic acids is 1. The van der Waals surface area contributed by atoms with Gasteiger partial charge in [-0.05, 0) is 55.5 Å². The molecule has 150 valence electrons. The Hall–Kier alpha value is -3.02. The van der Waals surface area contributed by atoms with E-state index in [1.165, 1.54) is 13.8 Å². The molecule has 2 aromatic carbocycles. The number of hydrogen-bond donors (Lipinski definition) is 2. The number of carbonyl (C=O) groups excluding carboxylic acids is 1. The van der Waals surface area contributed by atoms with Gasteiger partial charge in [-0.2, -0.15) is 0 Å². The molecular weight excluding hydrogens is 358 g/mol. The van der Waals surface area contributed by atoms with Gasteiger partial charge in [0.05, 0.1) is 0 Å². The normalized spacial score (nSPS) is 12.1. The Morgan fingerprint density at radius 1 is 1.14 bits per heavy atom. The highest BCUT2D eigenvalue weighted by Gasteiger charge is 2.29. The number of carbonyl (C=O) groups is 2. The van der Waals surface area contributed by atoms with Crippen LogP contribution in [0.2, 0.25) is 0 Å². The molecule has 0 saturated heterocycles. The lowest BCUT2D eigenvalue weighted by molar-refractivity contribution is -0.152. The van der Waals surface area contributed by atoms with Gasteiger partial charge in [-0.25, -0.2) is 9.59 Å². The quantitative estimate of drug-likeness (QED) is 0.709. The van der Waals surface area contributed by atoms with Gasteiger partial charge >= 0.3 is 12.1 Å². The second kappa shape index (κ2) is 9.26. The molecule has 6 nitrogen and oxygen atoms in total. The fourth-order valence-corrected chi connectivity index (χ4v) is 2.72. The second-order valence-corrected chi connectivity index (χ2v) is 7.28. The minimum Gasteiger partial charge on any atom is -0.478 e. The maximum Gasteiger partial charge on any atom is 0.407 e. The molecule has 6 heteroatoms. The summed E-state index contributed by atoms with van der Waals surface area (Å²) in [6.07, 6.45) is -0.462. The lowest BCUT2D eigenvalue weighted by Crippen LogP contribution is -2.37. The first-order valence-electron chi connectivity index (χ1n) is 9.16. The molecule has 0 aliphatic heterocycles.